The van der Waals surface area contributed by atoms with Gasteiger partial charge in [-0.2, -0.15) is 0 Å². The topological polar surface area (TPSA) is 20.3 Å². The van der Waals surface area contributed by atoms with E-state index in [4.69, 9.17) is 0 Å². The summed E-state index contributed by atoms with van der Waals surface area (Å²) in [4.78, 5) is 13.2. The van der Waals surface area contributed by atoms with E-state index < -0.39 is 0 Å². The standard InChI is InChI=1S/C12H17NO/c1-10(12(14)13(2)3)9-11-7-5-4-6-8-11/h4-8,10H,9H2,1-3H3. The Balaban J connectivity index is 2.57. The van der Waals surface area contributed by atoms with Crippen molar-refractivity contribution in [3.63, 3.8) is 0 Å². The lowest BCUT2D eigenvalue weighted by Gasteiger charge is -2.16. The predicted molar refractivity (Wildman–Crippen MR) is 58.0 cm³/mol. The van der Waals surface area contributed by atoms with E-state index >= 15 is 0 Å². The van der Waals surface area contributed by atoms with Gasteiger partial charge in [0.25, 0.3) is 0 Å². The third-order valence-electron chi connectivity index (χ3n) is 2.25. The number of carbonyl (C=O) groups is 1. The molecule has 0 heterocycles. The summed E-state index contributed by atoms with van der Waals surface area (Å²) in [6, 6.07) is 10.1. The maximum Gasteiger partial charge on any atom is 0.225 e. The van der Waals surface area contributed by atoms with Gasteiger partial charge in [0.05, 0.1) is 0 Å². The number of benzene rings is 1. The van der Waals surface area contributed by atoms with E-state index in [1.807, 2.05) is 25.1 Å². The molecule has 2 nitrogen and oxygen atoms in total. The van der Waals surface area contributed by atoms with Crippen molar-refractivity contribution in [1.29, 1.82) is 0 Å². The maximum absolute atomic E-state index is 11.6. The summed E-state index contributed by atoms with van der Waals surface area (Å²) in [5, 5.41) is 0. The zero-order valence-corrected chi connectivity index (χ0v) is 9.03. The lowest BCUT2D eigenvalue weighted by Crippen LogP contribution is -2.29. The molecule has 1 amide bonds. The van der Waals surface area contributed by atoms with Crippen LogP contribution in [0.2, 0.25) is 0 Å². The fraction of sp³-hybridized carbons (Fsp3) is 0.417. The molecule has 76 valence electrons. The largest absolute Gasteiger partial charge is 0.349 e. The van der Waals surface area contributed by atoms with Crippen molar-refractivity contribution in [1.82, 2.24) is 4.90 Å². The molecule has 0 fully saturated rings. The minimum absolute atomic E-state index is 0.0624. The van der Waals surface area contributed by atoms with Gasteiger partial charge in [0, 0.05) is 20.0 Å². The van der Waals surface area contributed by atoms with E-state index in [2.05, 4.69) is 12.1 Å². The Labute approximate surface area is 85.5 Å². The molecule has 1 aromatic rings. The van der Waals surface area contributed by atoms with Crippen LogP contribution in [0.5, 0.6) is 0 Å². The molecule has 1 unspecified atom stereocenters. The SMILES string of the molecule is CC(Cc1ccccc1)C(=O)N(C)C. The van der Waals surface area contributed by atoms with Crippen LogP contribution in [0.25, 0.3) is 0 Å². The van der Waals surface area contributed by atoms with Crippen LogP contribution < -0.4 is 0 Å². The molecule has 0 saturated heterocycles. The van der Waals surface area contributed by atoms with Crippen LogP contribution in [0.4, 0.5) is 0 Å². The molecule has 0 radical (unpaired) electrons. The van der Waals surface area contributed by atoms with Crippen LogP contribution in [0.1, 0.15) is 12.5 Å². The molecule has 2 heteroatoms. The first-order valence-corrected chi connectivity index (χ1v) is 4.86. The molecule has 0 aromatic heterocycles. The van der Waals surface area contributed by atoms with Crippen LogP contribution in [-0.4, -0.2) is 24.9 Å². The van der Waals surface area contributed by atoms with Gasteiger partial charge < -0.3 is 4.90 Å². The molecule has 14 heavy (non-hydrogen) atoms. The summed E-state index contributed by atoms with van der Waals surface area (Å²) >= 11 is 0. The van der Waals surface area contributed by atoms with Gasteiger partial charge in [-0.15, -0.1) is 0 Å². The van der Waals surface area contributed by atoms with Gasteiger partial charge in [-0.1, -0.05) is 37.3 Å². The fourth-order valence-corrected chi connectivity index (χ4v) is 1.50. The van der Waals surface area contributed by atoms with E-state index in [-0.39, 0.29) is 11.8 Å². The smallest absolute Gasteiger partial charge is 0.225 e. The van der Waals surface area contributed by atoms with E-state index in [1.54, 1.807) is 19.0 Å². The van der Waals surface area contributed by atoms with Crippen LogP contribution in [0, 0.1) is 5.92 Å². The minimum atomic E-state index is 0.0624. The Bertz CT molecular complexity index is 292. The normalized spacial score (nSPS) is 12.2. The second-order valence-electron chi connectivity index (χ2n) is 3.82. The van der Waals surface area contributed by atoms with Crippen molar-refractivity contribution in [2.24, 2.45) is 5.92 Å². The average Bonchev–Trinajstić information content (AvgIpc) is 2.18. The van der Waals surface area contributed by atoms with Crippen molar-refractivity contribution in [3.05, 3.63) is 35.9 Å². The summed E-state index contributed by atoms with van der Waals surface area (Å²) in [7, 11) is 3.59. The quantitative estimate of drug-likeness (QED) is 0.715. The Morgan fingerprint density at radius 1 is 1.29 bits per heavy atom. The Morgan fingerprint density at radius 2 is 1.86 bits per heavy atom. The number of carbonyl (C=O) groups excluding carboxylic acids is 1. The van der Waals surface area contributed by atoms with Crippen molar-refractivity contribution >= 4 is 5.91 Å². The van der Waals surface area contributed by atoms with E-state index in [0.717, 1.165) is 6.42 Å². The zero-order chi connectivity index (χ0) is 10.6. The molecule has 1 rings (SSSR count). The highest BCUT2D eigenvalue weighted by molar-refractivity contribution is 5.78. The molecule has 0 aliphatic rings. The highest BCUT2D eigenvalue weighted by Gasteiger charge is 2.14. The van der Waals surface area contributed by atoms with Crippen LogP contribution in [-0.2, 0) is 11.2 Å². The average molecular weight is 191 g/mol. The first-order valence-electron chi connectivity index (χ1n) is 4.86. The maximum atomic E-state index is 11.6. The Hall–Kier alpha value is -1.31. The molecule has 0 spiro atoms. The van der Waals surface area contributed by atoms with E-state index in [0.29, 0.717) is 0 Å². The van der Waals surface area contributed by atoms with Crippen molar-refractivity contribution in [2.45, 2.75) is 13.3 Å². The fourth-order valence-electron chi connectivity index (χ4n) is 1.50. The molecule has 1 aromatic carbocycles. The van der Waals surface area contributed by atoms with Crippen LogP contribution in [0.15, 0.2) is 30.3 Å². The van der Waals surface area contributed by atoms with Gasteiger partial charge in [0.1, 0.15) is 0 Å². The van der Waals surface area contributed by atoms with Crippen molar-refractivity contribution in [3.8, 4) is 0 Å². The number of rotatable bonds is 3. The van der Waals surface area contributed by atoms with Gasteiger partial charge in [0.2, 0.25) is 5.91 Å². The third kappa shape index (κ3) is 2.87. The molecule has 1 atom stereocenters. The predicted octanol–water partition coefficient (Wildman–Crippen LogP) is 1.95. The molecule has 0 aliphatic carbocycles. The number of amides is 1. The number of nitrogens with zero attached hydrogens (tertiary/aromatic N) is 1. The highest BCUT2D eigenvalue weighted by atomic mass is 16.2. The lowest BCUT2D eigenvalue weighted by atomic mass is 10.0. The highest BCUT2D eigenvalue weighted by Crippen LogP contribution is 2.09. The third-order valence-corrected chi connectivity index (χ3v) is 2.25. The molecule has 0 bridgehead atoms. The summed E-state index contributed by atoms with van der Waals surface area (Å²) in [5.41, 5.74) is 1.22. The summed E-state index contributed by atoms with van der Waals surface area (Å²) in [5.74, 6) is 0.251. The minimum Gasteiger partial charge on any atom is -0.349 e. The molecule has 0 saturated carbocycles. The van der Waals surface area contributed by atoms with E-state index in [1.165, 1.54) is 5.56 Å². The van der Waals surface area contributed by atoms with Gasteiger partial charge in [-0.3, -0.25) is 4.79 Å². The Morgan fingerprint density at radius 3 is 2.36 bits per heavy atom. The second kappa shape index (κ2) is 4.80. The first-order chi connectivity index (χ1) is 6.61. The molecular formula is C12H17NO. The molecular weight excluding hydrogens is 174 g/mol. The molecule has 0 N–H and O–H groups in total. The lowest BCUT2D eigenvalue weighted by molar-refractivity contribution is -0.132. The van der Waals surface area contributed by atoms with Crippen molar-refractivity contribution in [2.75, 3.05) is 14.1 Å². The van der Waals surface area contributed by atoms with Gasteiger partial charge >= 0.3 is 0 Å². The Kier molecular flexibility index (Phi) is 3.69. The zero-order valence-electron chi connectivity index (χ0n) is 9.03. The first kappa shape index (κ1) is 10.8. The van der Waals surface area contributed by atoms with Crippen LogP contribution in [0.3, 0.4) is 0 Å². The van der Waals surface area contributed by atoms with Crippen LogP contribution >= 0.6 is 0 Å². The summed E-state index contributed by atoms with van der Waals surface area (Å²) in [6.45, 7) is 1.97. The summed E-state index contributed by atoms with van der Waals surface area (Å²) < 4.78 is 0. The second-order valence-corrected chi connectivity index (χ2v) is 3.82. The van der Waals surface area contributed by atoms with Crippen molar-refractivity contribution < 1.29 is 4.79 Å². The van der Waals surface area contributed by atoms with Gasteiger partial charge in [0.15, 0.2) is 0 Å². The monoisotopic (exact) mass is 191 g/mol. The van der Waals surface area contributed by atoms with Gasteiger partial charge in [-0.25, -0.2) is 0 Å². The van der Waals surface area contributed by atoms with Gasteiger partial charge in [-0.05, 0) is 12.0 Å². The summed E-state index contributed by atoms with van der Waals surface area (Å²) in [6.07, 6.45) is 0.817. The number of hydrogen-bond acceptors (Lipinski definition) is 1. The molecule has 0 aliphatic heterocycles. The number of hydrogen-bond donors (Lipinski definition) is 0. The van der Waals surface area contributed by atoms with E-state index in [9.17, 15) is 4.79 Å².